The summed E-state index contributed by atoms with van der Waals surface area (Å²) in [4.78, 5) is 134. The molecule has 4 atom stereocenters. The highest BCUT2D eigenvalue weighted by Crippen LogP contribution is 2.11. The molecule has 70 heavy (non-hydrogen) atoms. The van der Waals surface area contributed by atoms with Crippen molar-refractivity contribution in [3.8, 4) is 0 Å². The van der Waals surface area contributed by atoms with Gasteiger partial charge >= 0.3 is 36.0 Å². The summed E-state index contributed by atoms with van der Waals surface area (Å²) in [6.45, 7) is 5.92. The zero-order chi connectivity index (χ0) is 52.5. The Morgan fingerprint density at radius 3 is 1.56 bits per heavy atom. The highest BCUT2D eigenvalue weighted by atomic mass is 16.6. The van der Waals surface area contributed by atoms with Crippen molar-refractivity contribution in [2.24, 2.45) is 0 Å². The second kappa shape index (κ2) is 34.5. The van der Waals surface area contributed by atoms with Crippen molar-refractivity contribution >= 4 is 65.4 Å². The molecule has 0 spiro atoms. The number of carbonyl (C=O) groups excluding carboxylic acids is 7. The van der Waals surface area contributed by atoms with Crippen molar-refractivity contribution in [2.75, 3.05) is 19.6 Å². The van der Waals surface area contributed by atoms with Gasteiger partial charge < -0.3 is 62.4 Å². The molecule has 0 aliphatic heterocycles. The predicted octanol–water partition coefficient (Wildman–Crippen LogP) is 2.92. The van der Waals surface area contributed by atoms with Crippen LogP contribution in [0.4, 0.5) is 9.59 Å². The molecule has 7 amide bonds. The van der Waals surface area contributed by atoms with Crippen molar-refractivity contribution in [3.05, 3.63) is 35.9 Å². The summed E-state index contributed by atoms with van der Waals surface area (Å²) in [5, 5.41) is 54.3. The van der Waals surface area contributed by atoms with E-state index in [1.807, 2.05) is 35.6 Å². The number of unbranched alkanes of at least 4 members (excludes halogenated alkanes) is 6. The minimum absolute atomic E-state index is 0.0223. The summed E-state index contributed by atoms with van der Waals surface area (Å²) in [5.74, 6) is -9.04. The van der Waals surface area contributed by atoms with Crippen molar-refractivity contribution < 1.29 is 77.9 Å². The van der Waals surface area contributed by atoms with Gasteiger partial charge in [0.15, 0.2) is 0 Å². The summed E-state index contributed by atoms with van der Waals surface area (Å²) >= 11 is 0. The van der Waals surface area contributed by atoms with Gasteiger partial charge in [0, 0.05) is 45.3 Å². The van der Waals surface area contributed by atoms with E-state index in [4.69, 9.17) is 9.84 Å². The first-order chi connectivity index (χ1) is 33.1. The van der Waals surface area contributed by atoms with E-state index in [1.54, 1.807) is 20.8 Å². The van der Waals surface area contributed by atoms with Gasteiger partial charge in [-0.15, -0.1) is 0 Å². The Balaban J connectivity index is 2.62. The van der Waals surface area contributed by atoms with Gasteiger partial charge in [-0.25, -0.2) is 24.0 Å². The molecule has 0 heterocycles. The summed E-state index contributed by atoms with van der Waals surface area (Å²) < 4.78 is 5.23. The van der Waals surface area contributed by atoms with Crippen LogP contribution in [0.5, 0.6) is 0 Å². The summed E-state index contributed by atoms with van der Waals surface area (Å²) in [5.41, 5.74) is 0.423. The van der Waals surface area contributed by atoms with E-state index in [9.17, 15) is 68.1 Å². The average molecular weight is 992 g/mol. The number of urea groups is 1. The lowest BCUT2D eigenvalue weighted by atomic mass is 10.0. The Morgan fingerprint density at radius 1 is 0.500 bits per heavy atom. The minimum atomic E-state index is -1.73. The topological polar surface area (TPSA) is 362 Å². The van der Waals surface area contributed by atoms with Crippen LogP contribution in [-0.2, 0) is 54.3 Å². The Kier molecular flexibility index (Phi) is 30.1. The third-order valence-corrected chi connectivity index (χ3v) is 10.5. The quantitative estimate of drug-likeness (QED) is 0.0337. The monoisotopic (exact) mass is 992 g/mol. The van der Waals surface area contributed by atoms with Crippen LogP contribution in [-0.4, -0.2) is 135 Å². The first-order valence-electron chi connectivity index (χ1n) is 23.7. The number of benzene rings is 1. The van der Waals surface area contributed by atoms with Crippen LogP contribution < -0.4 is 37.2 Å². The normalized spacial score (nSPS) is 12.7. The second-order valence-electron chi connectivity index (χ2n) is 17.7. The molecule has 23 heteroatoms. The van der Waals surface area contributed by atoms with Crippen molar-refractivity contribution in [1.82, 2.24) is 37.2 Å². The number of hydrogen-bond donors (Lipinski definition) is 11. The number of nitrogens with one attached hydrogen (secondary N) is 7. The van der Waals surface area contributed by atoms with Crippen molar-refractivity contribution in [3.63, 3.8) is 0 Å². The number of carboxylic acid groups (broad SMARTS) is 4. The van der Waals surface area contributed by atoms with Gasteiger partial charge in [0.25, 0.3) is 5.78 Å². The molecule has 1 aromatic rings. The van der Waals surface area contributed by atoms with Crippen LogP contribution in [0.25, 0.3) is 0 Å². The van der Waals surface area contributed by atoms with E-state index in [2.05, 4.69) is 31.9 Å². The molecule has 0 bridgehead atoms. The molecule has 0 saturated heterocycles. The number of aliphatic carboxylic acids is 4. The number of rotatable bonds is 37. The van der Waals surface area contributed by atoms with Crippen LogP contribution in [0.2, 0.25) is 0 Å². The molecular weight excluding hydrogens is 919 g/mol. The van der Waals surface area contributed by atoms with Gasteiger partial charge in [-0.3, -0.25) is 28.8 Å². The van der Waals surface area contributed by atoms with E-state index in [0.29, 0.717) is 77.2 Å². The molecule has 0 aliphatic carbocycles. The van der Waals surface area contributed by atoms with E-state index in [0.717, 1.165) is 12.0 Å². The molecule has 11 N–H and O–H groups in total. The lowest BCUT2D eigenvalue weighted by molar-refractivity contribution is -0.150. The number of ketones is 1. The number of carboxylic acids is 4. The van der Waals surface area contributed by atoms with E-state index in [1.165, 1.54) is 0 Å². The van der Waals surface area contributed by atoms with Crippen molar-refractivity contribution in [1.29, 1.82) is 0 Å². The number of ether oxygens (including phenoxy) is 1. The van der Waals surface area contributed by atoms with E-state index < -0.39 is 102 Å². The first kappa shape index (κ1) is 61.2. The molecular formula is C47H73N7O16. The Morgan fingerprint density at radius 2 is 1.00 bits per heavy atom. The largest absolute Gasteiger partial charge is 0.481 e. The van der Waals surface area contributed by atoms with Crippen LogP contribution in [0.15, 0.2) is 30.3 Å². The molecule has 1 rings (SSSR count). The molecule has 0 saturated carbocycles. The molecule has 0 unspecified atom stereocenters. The lowest BCUT2D eigenvalue weighted by Crippen LogP contribution is -2.52. The molecule has 23 nitrogen and oxygen atoms in total. The molecule has 0 aromatic heterocycles. The molecule has 392 valence electrons. The van der Waals surface area contributed by atoms with Crippen LogP contribution in [0, 0.1) is 0 Å². The minimum Gasteiger partial charge on any atom is -0.481 e. The van der Waals surface area contributed by atoms with Gasteiger partial charge in [0.2, 0.25) is 23.6 Å². The van der Waals surface area contributed by atoms with Crippen LogP contribution in [0.3, 0.4) is 0 Å². The predicted molar refractivity (Wildman–Crippen MR) is 252 cm³/mol. The van der Waals surface area contributed by atoms with Gasteiger partial charge in [-0.1, -0.05) is 49.6 Å². The lowest BCUT2D eigenvalue weighted by Gasteiger charge is -2.22. The number of aryl methyl sites for hydroxylation is 1. The highest BCUT2D eigenvalue weighted by molar-refractivity contribution is 6.35. The Bertz CT molecular complexity index is 1870. The smallest absolute Gasteiger partial charge is 0.407 e. The highest BCUT2D eigenvalue weighted by Gasteiger charge is 2.30. The Hall–Kier alpha value is -6.81. The summed E-state index contributed by atoms with van der Waals surface area (Å²) in [6, 6.07) is 2.98. The average Bonchev–Trinajstić information content (AvgIpc) is 3.28. The number of Topliss-reactive ketones (excluding diaryl/α,β-unsaturated/α-hetero) is 1. The third-order valence-electron chi connectivity index (χ3n) is 10.5. The molecule has 0 radical (unpaired) electrons. The fraction of sp³-hybridized carbons (Fsp3) is 0.638. The fourth-order valence-electron chi connectivity index (χ4n) is 6.76. The van der Waals surface area contributed by atoms with Gasteiger partial charge in [0.05, 0.1) is 6.04 Å². The first-order valence-corrected chi connectivity index (χ1v) is 23.7. The van der Waals surface area contributed by atoms with Gasteiger partial charge in [-0.05, 0) is 103 Å². The summed E-state index contributed by atoms with van der Waals surface area (Å²) in [6.07, 6.45) is 4.14. The zero-order valence-corrected chi connectivity index (χ0v) is 40.4. The second-order valence-corrected chi connectivity index (χ2v) is 17.7. The van der Waals surface area contributed by atoms with E-state index >= 15 is 0 Å². The van der Waals surface area contributed by atoms with Gasteiger partial charge in [0.1, 0.15) is 23.7 Å². The van der Waals surface area contributed by atoms with Gasteiger partial charge in [-0.2, -0.15) is 0 Å². The fourth-order valence-corrected chi connectivity index (χ4v) is 6.76. The number of amides is 7. The summed E-state index contributed by atoms with van der Waals surface area (Å²) in [7, 11) is 0. The molecule has 0 aliphatic rings. The van der Waals surface area contributed by atoms with Crippen LogP contribution >= 0.6 is 0 Å². The van der Waals surface area contributed by atoms with Crippen molar-refractivity contribution in [2.45, 2.75) is 173 Å². The van der Waals surface area contributed by atoms with E-state index in [-0.39, 0.29) is 51.1 Å². The number of carbonyl (C=O) groups is 11. The maximum atomic E-state index is 13.6. The SMILES string of the molecule is CC(C)(C)OC(=O)NCCCC[C@H](NC(=O)CCCCCCCNC(=O)CC[C@H](NC(=O)N[C@@H](CCC(=O)O)C(=O)O)C(=O)O)C(=O)N[C@@H](CCCCNC(=O)CCCc1ccccc1)C(=O)C(=O)O. The Labute approximate surface area is 407 Å². The zero-order valence-electron chi connectivity index (χ0n) is 40.4. The standard InChI is InChI=1S/C47H73N7O16/c1-47(2,3)70-46(69)50-30-15-12-21-33(41(61)52-32(40(60)44(66)67)20-11-14-29-48-36(55)23-16-19-31-17-8-7-9-18-31)51-38(57)22-10-5-4-6-13-28-49-37(56)26-24-34(42(62)63)53-45(68)54-35(43(64)65)25-27-39(58)59/h7-9,17-18,32-35H,4-6,10-16,19-30H2,1-3H3,(H,48,55)(H,49,56)(H,50,69)(H,51,57)(H,52,61)(H,58,59)(H,62,63)(H,64,65)(H,66,67)(H2,53,54,68)/t32-,33-,34-,35-/m0/s1. The maximum absolute atomic E-state index is 13.6. The molecule has 1 aromatic carbocycles. The maximum Gasteiger partial charge on any atom is 0.407 e. The molecule has 0 fully saturated rings. The third kappa shape index (κ3) is 30.5. The van der Waals surface area contributed by atoms with Crippen LogP contribution in [0.1, 0.15) is 142 Å². The number of hydrogen-bond acceptors (Lipinski definition) is 12. The number of alkyl carbamates (subject to hydrolysis) is 1.